The normalized spacial score (nSPS) is 28.7. The van der Waals surface area contributed by atoms with Gasteiger partial charge in [0.2, 0.25) is 0 Å². The van der Waals surface area contributed by atoms with Crippen molar-refractivity contribution < 1.29 is 23.7 Å². The molecule has 2 aliphatic heterocycles. The zero-order valence-electron chi connectivity index (χ0n) is 15.0. The van der Waals surface area contributed by atoms with E-state index >= 15 is 0 Å². The van der Waals surface area contributed by atoms with Crippen LogP contribution in [-0.2, 0) is 23.7 Å². The van der Waals surface area contributed by atoms with Crippen LogP contribution in [-0.4, -0.2) is 47.7 Å². The van der Waals surface area contributed by atoms with Crippen LogP contribution in [0.5, 0.6) is 0 Å². The van der Waals surface area contributed by atoms with Gasteiger partial charge in [-0.3, -0.25) is 10.2 Å². The SMILES string of the molecule is CC(=O)O[C@@H]1[C@H]2OC(C)(C)O[C@H]2O[C@@H]1/C=N/NC(=S)Nc1ccc(Br)cc1. The molecule has 2 fully saturated rings. The predicted octanol–water partition coefficient (Wildman–Crippen LogP) is 2.53. The molecule has 2 aliphatic rings. The van der Waals surface area contributed by atoms with Crippen molar-refractivity contribution >= 4 is 51.1 Å². The quantitative estimate of drug-likeness (QED) is 0.308. The highest BCUT2D eigenvalue weighted by molar-refractivity contribution is 9.10. The number of esters is 1. The van der Waals surface area contributed by atoms with Crippen LogP contribution in [0.1, 0.15) is 20.8 Å². The van der Waals surface area contributed by atoms with E-state index in [2.05, 4.69) is 31.8 Å². The Morgan fingerprint density at radius 3 is 2.70 bits per heavy atom. The molecule has 0 bridgehead atoms. The Bertz CT molecular complexity index is 743. The molecular weight excluding hydrogens is 438 g/mol. The highest BCUT2D eigenvalue weighted by Gasteiger charge is 2.56. The van der Waals surface area contributed by atoms with E-state index in [4.69, 9.17) is 31.2 Å². The minimum Gasteiger partial charge on any atom is -0.456 e. The van der Waals surface area contributed by atoms with Gasteiger partial charge in [0.05, 0.1) is 6.21 Å². The average molecular weight is 458 g/mol. The van der Waals surface area contributed by atoms with Crippen molar-refractivity contribution in [1.82, 2.24) is 5.43 Å². The van der Waals surface area contributed by atoms with Crippen LogP contribution in [0.4, 0.5) is 5.69 Å². The van der Waals surface area contributed by atoms with Crippen LogP contribution < -0.4 is 10.7 Å². The molecule has 27 heavy (non-hydrogen) atoms. The summed E-state index contributed by atoms with van der Waals surface area (Å²) in [6.45, 7) is 4.88. The van der Waals surface area contributed by atoms with Crippen molar-refractivity contribution in [2.45, 2.75) is 51.2 Å². The second-order valence-electron chi connectivity index (χ2n) is 6.49. The molecule has 10 heteroatoms. The monoisotopic (exact) mass is 457 g/mol. The van der Waals surface area contributed by atoms with Crippen molar-refractivity contribution in [2.75, 3.05) is 5.32 Å². The number of thiocarbonyl (C=S) groups is 1. The van der Waals surface area contributed by atoms with Gasteiger partial charge in [0.1, 0.15) is 6.10 Å². The molecule has 2 heterocycles. The fourth-order valence-electron chi connectivity index (χ4n) is 2.81. The first-order valence-electron chi connectivity index (χ1n) is 8.27. The minimum absolute atomic E-state index is 0.310. The molecule has 0 amide bonds. The maximum absolute atomic E-state index is 11.4. The highest BCUT2D eigenvalue weighted by atomic mass is 79.9. The molecule has 0 radical (unpaired) electrons. The van der Waals surface area contributed by atoms with Crippen LogP contribution in [0, 0.1) is 0 Å². The van der Waals surface area contributed by atoms with E-state index in [0.717, 1.165) is 10.2 Å². The number of fused-ring (bicyclic) bond motifs is 1. The number of nitrogens with zero attached hydrogens (tertiary/aromatic N) is 1. The van der Waals surface area contributed by atoms with E-state index < -0.39 is 36.4 Å². The number of rotatable bonds is 4. The Kier molecular flexibility index (Phi) is 6.11. The lowest BCUT2D eigenvalue weighted by molar-refractivity contribution is -0.210. The average Bonchev–Trinajstić information content (AvgIpc) is 3.02. The largest absolute Gasteiger partial charge is 0.456 e. The summed E-state index contributed by atoms with van der Waals surface area (Å²) in [4.78, 5) is 11.4. The minimum atomic E-state index is -0.801. The van der Waals surface area contributed by atoms with Crippen molar-refractivity contribution in [1.29, 1.82) is 0 Å². The second-order valence-corrected chi connectivity index (χ2v) is 7.82. The van der Waals surface area contributed by atoms with Gasteiger partial charge >= 0.3 is 5.97 Å². The standard InChI is InChI=1S/C17H20BrN3O5S/c1-9(22)23-13-12(24-15-14(13)25-17(2,3)26-15)8-19-21-16(27)20-11-6-4-10(18)5-7-11/h4-8,12-15H,1-3H3,(H2,20,21,27)/b19-8+/t12-,13+,14-,15-/m1/s1. The van der Waals surface area contributed by atoms with Gasteiger partial charge in [-0.2, -0.15) is 5.10 Å². The van der Waals surface area contributed by atoms with Gasteiger partial charge in [-0.05, 0) is 50.3 Å². The van der Waals surface area contributed by atoms with E-state index in [9.17, 15) is 4.79 Å². The molecule has 1 aromatic rings. The smallest absolute Gasteiger partial charge is 0.303 e. The number of hydrogen-bond acceptors (Lipinski definition) is 7. The molecule has 146 valence electrons. The number of benzene rings is 1. The lowest BCUT2D eigenvalue weighted by atomic mass is 10.1. The molecule has 2 N–H and O–H groups in total. The van der Waals surface area contributed by atoms with E-state index in [1.807, 2.05) is 24.3 Å². The third-order valence-corrected chi connectivity index (χ3v) is 4.54. The molecule has 8 nitrogen and oxygen atoms in total. The molecule has 0 aromatic heterocycles. The first-order valence-corrected chi connectivity index (χ1v) is 9.48. The summed E-state index contributed by atoms with van der Waals surface area (Å²) in [5, 5.41) is 7.38. The van der Waals surface area contributed by atoms with Crippen LogP contribution in [0.2, 0.25) is 0 Å². The van der Waals surface area contributed by atoms with Crippen LogP contribution in [0.15, 0.2) is 33.8 Å². The molecule has 0 aliphatic carbocycles. The molecule has 1 aromatic carbocycles. The van der Waals surface area contributed by atoms with Gasteiger partial charge in [0, 0.05) is 17.1 Å². The van der Waals surface area contributed by atoms with Gasteiger partial charge in [-0.1, -0.05) is 15.9 Å². The van der Waals surface area contributed by atoms with Crippen molar-refractivity contribution in [2.24, 2.45) is 5.10 Å². The second kappa shape index (κ2) is 8.19. The summed E-state index contributed by atoms with van der Waals surface area (Å²) in [5.74, 6) is -1.24. The zero-order valence-corrected chi connectivity index (χ0v) is 17.4. The van der Waals surface area contributed by atoms with Crippen molar-refractivity contribution in [3.05, 3.63) is 28.7 Å². The molecule has 0 saturated carbocycles. The first-order chi connectivity index (χ1) is 12.7. The topological polar surface area (TPSA) is 90.4 Å². The fourth-order valence-corrected chi connectivity index (χ4v) is 3.25. The van der Waals surface area contributed by atoms with E-state index in [1.165, 1.54) is 13.1 Å². The van der Waals surface area contributed by atoms with Crippen molar-refractivity contribution in [3.63, 3.8) is 0 Å². The van der Waals surface area contributed by atoms with Gasteiger partial charge in [0.25, 0.3) is 0 Å². The third kappa shape index (κ3) is 5.23. The maximum Gasteiger partial charge on any atom is 0.303 e. The Morgan fingerprint density at radius 2 is 2.04 bits per heavy atom. The third-order valence-electron chi connectivity index (χ3n) is 3.82. The number of hydrazone groups is 1. The van der Waals surface area contributed by atoms with E-state index in [-0.39, 0.29) is 0 Å². The number of halogens is 1. The lowest BCUT2D eigenvalue weighted by Gasteiger charge is -2.23. The number of nitrogens with one attached hydrogen (secondary N) is 2. The van der Waals surface area contributed by atoms with E-state index in [1.54, 1.807) is 13.8 Å². The van der Waals surface area contributed by atoms with Gasteiger partial charge < -0.3 is 24.3 Å². The first kappa shape index (κ1) is 20.2. The van der Waals surface area contributed by atoms with Gasteiger partial charge in [-0.25, -0.2) is 0 Å². The zero-order chi connectivity index (χ0) is 19.6. The molecule has 3 rings (SSSR count). The Balaban J connectivity index is 1.57. The number of carbonyl (C=O) groups excluding carboxylic acids is 1. The molecule has 2 saturated heterocycles. The molecule has 0 spiro atoms. The summed E-state index contributed by atoms with van der Waals surface area (Å²) in [5.41, 5.74) is 3.52. The molecule has 4 atom stereocenters. The van der Waals surface area contributed by atoms with Gasteiger partial charge in [0.15, 0.2) is 29.4 Å². The summed E-state index contributed by atoms with van der Waals surface area (Å²) in [6.07, 6.45) is -0.959. The van der Waals surface area contributed by atoms with Crippen LogP contribution in [0.25, 0.3) is 0 Å². The maximum atomic E-state index is 11.4. The molecular formula is C17H20BrN3O5S. The van der Waals surface area contributed by atoms with E-state index in [0.29, 0.717) is 5.11 Å². The lowest BCUT2D eigenvalue weighted by Crippen LogP contribution is -2.39. The Morgan fingerprint density at radius 1 is 1.33 bits per heavy atom. The highest BCUT2D eigenvalue weighted by Crippen LogP contribution is 2.38. The van der Waals surface area contributed by atoms with Crippen LogP contribution in [0.3, 0.4) is 0 Å². The fraction of sp³-hybridized carbons (Fsp3) is 0.471. The molecule has 0 unspecified atom stereocenters. The number of hydrogen-bond donors (Lipinski definition) is 2. The Labute approximate surface area is 170 Å². The Hall–Kier alpha value is -1.59. The van der Waals surface area contributed by atoms with Crippen molar-refractivity contribution in [3.8, 4) is 0 Å². The predicted molar refractivity (Wildman–Crippen MR) is 106 cm³/mol. The number of anilines is 1. The number of ether oxygens (including phenoxy) is 4. The van der Waals surface area contributed by atoms with Crippen LogP contribution >= 0.6 is 28.1 Å². The summed E-state index contributed by atoms with van der Waals surface area (Å²) < 4.78 is 23.5. The van der Waals surface area contributed by atoms with Gasteiger partial charge in [-0.15, -0.1) is 0 Å². The summed E-state index contributed by atoms with van der Waals surface area (Å²) >= 11 is 8.57. The number of carbonyl (C=O) groups is 1. The summed E-state index contributed by atoms with van der Waals surface area (Å²) in [7, 11) is 0. The summed E-state index contributed by atoms with van der Waals surface area (Å²) in [6, 6.07) is 7.53.